The fraction of sp³-hybridized carbons (Fsp3) is 0.667. The van der Waals surface area contributed by atoms with Gasteiger partial charge in [-0.2, -0.15) is 34.1 Å². The summed E-state index contributed by atoms with van der Waals surface area (Å²) in [7, 11) is -5.89. The van der Waals surface area contributed by atoms with Gasteiger partial charge in [0.15, 0.2) is 0 Å². The number of carbonyl (C=O) groups is 4. The van der Waals surface area contributed by atoms with Crippen molar-refractivity contribution in [2.45, 2.75) is 65.7 Å². The van der Waals surface area contributed by atoms with E-state index in [1.165, 1.54) is 48.7 Å². The number of ether oxygens (including phenoxy) is 2. The fourth-order valence-electron chi connectivity index (χ4n) is 3.83. The third-order valence-corrected chi connectivity index (χ3v) is 11.0. The van der Waals surface area contributed by atoms with Crippen molar-refractivity contribution in [3.05, 3.63) is 23.7 Å². The number of hydrogen-bond acceptors (Lipinski definition) is 12. The van der Waals surface area contributed by atoms with Crippen LogP contribution in [-0.4, -0.2) is 132 Å². The van der Waals surface area contributed by atoms with Gasteiger partial charge < -0.3 is 19.7 Å². The number of methoxy groups -OCH3 is 2. The number of aliphatic hydroxyl groups is 2. The minimum Gasteiger partial charge on any atom is -0.507 e. The molecule has 0 radical (unpaired) electrons. The molecular weight excluding hydrogens is 600 g/mol. The molecule has 240 valence electrons. The Bertz CT molecular complexity index is 1310. The van der Waals surface area contributed by atoms with Gasteiger partial charge in [-0.1, -0.05) is 12.2 Å². The Balaban J connectivity index is 0.000000422. The molecule has 0 saturated heterocycles. The van der Waals surface area contributed by atoms with E-state index in [4.69, 9.17) is 0 Å². The van der Waals surface area contributed by atoms with Crippen LogP contribution in [0.5, 0.6) is 0 Å². The average molecular weight is 641 g/mol. The largest absolute Gasteiger partial charge is 0.507 e. The van der Waals surface area contributed by atoms with Crippen molar-refractivity contribution in [2.24, 2.45) is 0 Å². The first-order valence-electron chi connectivity index (χ1n) is 12.8. The van der Waals surface area contributed by atoms with Crippen LogP contribution in [0.2, 0.25) is 0 Å². The minimum atomic E-state index is -4.28. The van der Waals surface area contributed by atoms with Crippen LogP contribution in [0, 0.1) is 0 Å². The second-order valence-electron chi connectivity index (χ2n) is 9.58. The van der Waals surface area contributed by atoms with Crippen LogP contribution < -0.4 is 0 Å². The number of rotatable bonds is 8. The van der Waals surface area contributed by atoms with E-state index >= 15 is 0 Å². The van der Waals surface area contributed by atoms with E-state index in [1.54, 1.807) is 12.2 Å². The smallest absolute Gasteiger partial charge is 0.323 e. The topological polar surface area (TPSA) is 208 Å². The third kappa shape index (κ3) is 8.35. The standard InChI is InChI=1S/C12H20N2O7S.C12H20N2O5S/c1-7(9(3)15)13-5-10(16)11(17)6-14(22(13,19)20)8(2)12(18)21-4;1-9(11(3)15)13-7-5-6-8-14(20(13,17)18)10(2)12(16)19-4/h7-8,16-17H,5-6H2,1-4H3;5-6,9-10H,7-8H2,1-4H3. The summed E-state index contributed by atoms with van der Waals surface area (Å²) in [5.74, 6) is -3.32. The number of carbonyl (C=O) groups excluding carboxylic acids is 4. The molecule has 0 saturated carbocycles. The van der Waals surface area contributed by atoms with Gasteiger partial charge >= 0.3 is 11.9 Å². The molecule has 2 aliphatic heterocycles. The van der Waals surface area contributed by atoms with Crippen LogP contribution in [-0.2, 0) is 49.1 Å². The molecule has 0 spiro atoms. The molecule has 2 aliphatic rings. The molecule has 0 fully saturated rings. The molecule has 16 nitrogen and oxygen atoms in total. The lowest BCUT2D eigenvalue weighted by Gasteiger charge is -2.32. The first-order chi connectivity index (χ1) is 19.3. The highest BCUT2D eigenvalue weighted by Crippen LogP contribution is 2.24. The highest BCUT2D eigenvalue weighted by atomic mass is 32.2. The average Bonchev–Trinajstić information content (AvgIpc) is 3.13. The van der Waals surface area contributed by atoms with Gasteiger partial charge in [-0.25, -0.2) is 0 Å². The van der Waals surface area contributed by atoms with Gasteiger partial charge in [0.1, 0.15) is 35.2 Å². The zero-order valence-electron chi connectivity index (χ0n) is 24.9. The first-order valence-corrected chi connectivity index (χ1v) is 15.5. The number of hydrogen-bond donors (Lipinski definition) is 2. The van der Waals surface area contributed by atoms with E-state index in [1.807, 2.05) is 0 Å². The van der Waals surface area contributed by atoms with Crippen molar-refractivity contribution >= 4 is 43.9 Å². The summed E-state index contributed by atoms with van der Waals surface area (Å²) in [5, 5.41) is 19.5. The molecule has 18 heteroatoms. The van der Waals surface area contributed by atoms with E-state index in [0.29, 0.717) is 4.31 Å². The lowest BCUT2D eigenvalue weighted by Crippen LogP contribution is -2.53. The second-order valence-corrected chi connectivity index (χ2v) is 13.2. The van der Waals surface area contributed by atoms with Crippen LogP contribution in [0.15, 0.2) is 23.7 Å². The maximum atomic E-state index is 12.7. The Hall–Kier alpha value is -2.90. The predicted molar refractivity (Wildman–Crippen MR) is 149 cm³/mol. The third-order valence-electron chi connectivity index (χ3n) is 6.86. The molecular formula is C24H40N4O12S2. The monoisotopic (exact) mass is 640 g/mol. The summed E-state index contributed by atoms with van der Waals surface area (Å²) in [6.45, 7) is 7.20. The molecule has 0 aromatic rings. The number of esters is 2. The molecule has 2 rings (SSSR count). The molecule has 2 N–H and O–H groups in total. The molecule has 0 aliphatic carbocycles. The Morgan fingerprint density at radius 3 is 1.29 bits per heavy atom. The maximum Gasteiger partial charge on any atom is 0.323 e. The van der Waals surface area contributed by atoms with Crippen molar-refractivity contribution < 1.29 is 55.7 Å². The van der Waals surface area contributed by atoms with Crippen LogP contribution in [0.1, 0.15) is 41.5 Å². The van der Waals surface area contributed by atoms with Gasteiger partial charge in [0.2, 0.25) is 0 Å². The Morgan fingerprint density at radius 1 is 0.643 bits per heavy atom. The van der Waals surface area contributed by atoms with E-state index < -0.39 is 86.9 Å². The Morgan fingerprint density at radius 2 is 0.929 bits per heavy atom. The van der Waals surface area contributed by atoms with Crippen molar-refractivity contribution in [3.63, 3.8) is 0 Å². The maximum absolute atomic E-state index is 12.7. The van der Waals surface area contributed by atoms with Gasteiger partial charge in [0.05, 0.1) is 39.4 Å². The van der Waals surface area contributed by atoms with E-state index in [9.17, 15) is 46.2 Å². The predicted octanol–water partition coefficient (Wildman–Crippen LogP) is -0.341. The molecule has 42 heavy (non-hydrogen) atoms. The highest BCUT2D eigenvalue weighted by Gasteiger charge is 2.43. The fourth-order valence-corrected chi connectivity index (χ4v) is 7.55. The van der Waals surface area contributed by atoms with Crippen LogP contribution in [0.25, 0.3) is 0 Å². The molecule has 0 bridgehead atoms. The van der Waals surface area contributed by atoms with Gasteiger partial charge in [0, 0.05) is 13.1 Å². The lowest BCUT2D eigenvalue weighted by molar-refractivity contribution is -0.145. The molecule has 4 atom stereocenters. The molecule has 0 aromatic heterocycles. The molecule has 0 amide bonds. The van der Waals surface area contributed by atoms with E-state index in [-0.39, 0.29) is 18.9 Å². The summed E-state index contributed by atoms with van der Waals surface area (Å²) >= 11 is 0. The van der Waals surface area contributed by atoms with Gasteiger partial charge in [-0.15, -0.1) is 0 Å². The van der Waals surface area contributed by atoms with Crippen LogP contribution in [0.4, 0.5) is 0 Å². The Kier molecular flexibility index (Phi) is 13.3. The lowest BCUT2D eigenvalue weighted by atomic mass is 10.2. The number of nitrogens with zero attached hydrogens (tertiary/aromatic N) is 4. The van der Waals surface area contributed by atoms with Gasteiger partial charge in [-0.3, -0.25) is 19.2 Å². The summed E-state index contributed by atoms with van der Waals surface area (Å²) in [6.07, 6.45) is 3.32. The van der Waals surface area contributed by atoms with Crippen LogP contribution >= 0.6 is 0 Å². The summed E-state index contributed by atoms with van der Waals surface area (Å²) in [5.41, 5.74) is 0. The van der Waals surface area contributed by atoms with Gasteiger partial charge in [0.25, 0.3) is 20.4 Å². The molecule has 2 heterocycles. The number of ketones is 2. The second kappa shape index (κ2) is 15.0. The van der Waals surface area contributed by atoms with Crippen molar-refractivity contribution in [2.75, 3.05) is 40.4 Å². The quantitative estimate of drug-likeness (QED) is 0.258. The highest BCUT2D eigenvalue weighted by molar-refractivity contribution is 7.87. The minimum absolute atomic E-state index is 0.0692. The van der Waals surface area contributed by atoms with E-state index in [0.717, 1.165) is 20.0 Å². The van der Waals surface area contributed by atoms with Crippen LogP contribution in [0.3, 0.4) is 0 Å². The zero-order valence-corrected chi connectivity index (χ0v) is 26.5. The van der Waals surface area contributed by atoms with Crippen molar-refractivity contribution in [1.29, 1.82) is 0 Å². The van der Waals surface area contributed by atoms with Gasteiger partial charge in [-0.05, 0) is 41.5 Å². The summed E-state index contributed by atoms with van der Waals surface area (Å²) in [6, 6.07) is -4.03. The molecule has 0 aromatic carbocycles. The zero-order chi connectivity index (χ0) is 32.7. The summed E-state index contributed by atoms with van der Waals surface area (Å²) < 4.78 is 63.2. The van der Waals surface area contributed by atoms with Crippen molar-refractivity contribution in [3.8, 4) is 0 Å². The first kappa shape index (κ1) is 37.1. The van der Waals surface area contributed by atoms with Crippen molar-refractivity contribution in [1.82, 2.24) is 17.2 Å². The van der Waals surface area contributed by atoms with E-state index in [2.05, 4.69) is 9.47 Å². The SMILES string of the molecule is COC(=O)C(C)N1CC(O)=C(O)CN(C(C)C(C)=O)S1(=O)=O.COC(=O)C(C)N1CC=CCN(C(C)C(C)=O)S1(=O)=O. The normalized spacial score (nSPS) is 22.8. The number of aliphatic hydroxyl groups excluding tert-OH is 2. The molecule has 4 unspecified atom stereocenters. The summed E-state index contributed by atoms with van der Waals surface area (Å²) in [4.78, 5) is 46.2. The number of Topliss-reactive ketones (excluding diaryl/α,β-unsaturated/α-hetero) is 2. The Labute approximate surface area is 246 Å².